The summed E-state index contributed by atoms with van der Waals surface area (Å²) in [6.07, 6.45) is 1.30. The number of hydrogen-bond acceptors (Lipinski definition) is 5. The summed E-state index contributed by atoms with van der Waals surface area (Å²) in [5, 5.41) is 14.6. The minimum atomic E-state index is -0.0857. The van der Waals surface area contributed by atoms with Gasteiger partial charge in [-0.1, -0.05) is 18.1 Å². The normalized spacial score (nSPS) is 18.3. The van der Waals surface area contributed by atoms with Crippen molar-refractivity contribution in [2.45, 2.75) is 59.8 Å². The molecule has 1 aromatic rings. The molecule has 1 N–H and O–H groups in total. The molecule has 0 aliphatic heterocycles. The summed E-state index contributed by atoms with van der Waals surface area (Å²) in [6, 6.07) is 2.08. The zero-order valence-electron chi connectivity index (χ0n) is 16.6. The molecule has 1 aliphatic carbocycles. The number of oxime groups is 1. The Morgan fingerprint density at radius 1 is 1.23 bits per heavy atom. The van der Waals surface area contributed by atoms with E-state index in [1.54, 1.807) is 7.11 Å². The highest BCUT2D eigenvalue weighted by Crippen LogP contribution is 2.40. The van der Waals surface area contributed by atoms with Crippen molar-refractivity contribution >= 4 is 11.5 Å². The summed E-state index contributed by atoms with van der Waals surface area (Å²) in [4.78, 5) is 17.9. The first kappa shape index (κ1) is 20.0. The second-order valence-corrected chi connectivity index (χ2v) is 6.74. The number of carbonyl (C=O) groups excluding carboxylic acids is 1. The fraction of sp³-hybridized carbons (Fsp3) is 0.524. The maximum absolute atomic E-state index is 12.8. The Labute approximate surface area is 155 Å². The minimum absolute atomic E-state index is 0.0639. The van der Waals surface area contributed by atoms with E-state index in [0.29, 0.717) is 37.2 Å². The second kappa shape index (κ2) is 8.39. The average Bonchev–Trinajstić information content (AvgIpc) is 2.57. The molecule has 0 radical (unpaired) electrons. The van der Waals surface area contributed by atoms with Crippen molar-refractivity contribution < 1.29 is 19.5 Å². The molecular weight excluding hydrogens is 330 g/mol. The van der Waals surface area contributed by atoms with Crippen LogP contribution in [0.25, 0.3) is 0 Å². The molecule has 0 aromatic heterocycles. The number of aryl methyl sites for hydroxylation is 2. The van der Waals surface area contributed by atoms with E-state index in [1.807, 2.05) is 34.6 Å². The molecule has 5 heteroatoms. The van der Waals surface area contributed by atoms with Gasteiger partial charge in [0.05, 0.1) is 18.4 Å². The number of benzene rings is 1. The van der Waals surface area contributed by atoms with Crippen molar-refractivity contribution in [3.8, 4) is 5.75 Å². The van der Waals surface area contributed by atoms with E-state index < -0.39 is 0 Å². The van der Waals surface area contributed by atoms with Crippen LogP contribution in [0.2, 0.25) is 0 Å². The number of allylic oxidation sites excluding steroid dienone is 2. The van der Waals surface area contributed by atoms with Gasteiger partial charge in [0.1, 0.15) is 18.1 Å². The quantitative estimate of drug-likeness (QED) is 0.591. The lowest BCUT2D eigenvalue weighted by Crippen LogP contribution is -2.24. The molecule has 1 atom stereocenters. The third-order valence-electron chi connectivity index (χ3n) is 4.94. The van der Waals surface area contributed by atoms with Gasteiger partial charge in [0.25, 0.3) is 0 Å². The van der Waals surface area contributed by atoms with Crippen LogP contribution in [-0.4, -0.2) is 30.3 Å². The van der Waals surface area contributed by atoms with Gasteiger partial charge in [0.2, 0.25) is 0 Å². The standard InChI is InChI=1S/C21H29NO4/c1-7-16(22-26-8-2)20-17(23)10-15(11-18(20)24)19-12(3)9-13(4)21(25-6)14(19)5/h9,15,23H,7-8,10-11H2,1-6H3. The van der Waals surface area contributed by atoms with Crippen LogP contribution in [0.1, 0.15) is 61.3 Å². The number of aliphatic hydroxyl groups excluding tert-OH is 1. The zero-order valence-corrected chi connectivity index (χ0v) is 16.6. The Morgan fingerprint density at radius 2 is 1.92 bits per heavy atom. The third kappa shape index (κ3) is 3.76. The fourth-order valence-electron chi connectivity index (χ4n) is 3.98. The van der Waals surface area contributed by atoms with Crippen LogP contribution < -0.4 is 4.74 Å². The Kier molecular flexibility index (Phi) is 6.46. The van der Waals surface area contributed by atoms with Crippen LogP contribution in [0.5, 0.6) is 5.75 Å². The molecule has 1 unspecified atom stereocenters. The highest BCUT2D eigenvalue weighted by Gasteiger charge is 2.33. The van der Waals surface area contributed by atoms with Gasteiger partial charge in [-0.2, -0.15) is 0 Å². The number of ketones is 1. The molecule has 5 nitrogen and oxygen atoms in total. The number of nitrogens with zero attached hydrogens (tertiary/aromatic N) is 1. The lowest BCUT2D eigenvalue weighted by Gasteiger charge is -2.28. The van der Waals surface area contributed by atoms with E-state index in [4.69, 9.17) is 9.57 Å². The number of hydrogen-bond donors (Lipinski definition) is 1. The highest BCUT2D eigenvalue weighted by molar-refractivity contribution is 6.23. The Bertz CT molecular complexity index is 762. The van der Waals surface area contributed by atoms with Gasteiger partial charge in [-0.25, -0.2) is 0 Å². The van der Waals surface area contributed by atoms with Crippen molar-refractivity contribution in [2.24, 2.45) is 5.16 Å². The van der Waals surface area contributed by atoms with Crippen molar-refractivity contribution in [3.63, 3.8) is 0 Å². The van der Waals surface area contributed by atoms with Crippen LogP contribution in [0.4, 0.5) is 0 Å². The first-order valence-electron chi connectivity index (χ1n) is 9.14. The largest absolute Gasteiger partial charge is 0.511 e. The van der Waals surface area contributed by atoms with Gasteiger partial charge in [-0.15, -0.1) is 0 Å². The molecule has 0 amide bonds. The SMILES string of the molecule is CCON=C(CC)C1=C(O)CC(c2c(C)cc(C)c(OC)c2C)CC1=O. The molecular formula is C21H29NO4. The number of aliphatic hydroxyl groups is 1. The predicted octanol–water partition coefficient (Wildman–Crippen LogP) is 4.68. The maximum atomic E-state index is 12.8. The monoisotopic (exact) mass is 359 g/mol. The van der Waals surface area contributed by atoms with E-state index in [1.165, 1.54) is 0 Å². The van der Waals surface area contributed by atoms with E-state index in [9.17, 15) is 9.90 Å². The molecule has 0 saturated carbocycles. The maximum Gasteiger partial charge on any atom is 0.168 e. The fourth-order valence-corrected chi connectivity index (χ4v) is 3.98. The van der Waals surface area contributed by atoms with E-state index in [-0.39, 0.29) is 17.5 Å². The lowest BCUT2D eigenvalue weighted by molar-refractivity contribution is -0.116. The number of rotatable bonds is 6. The summed E-state index contributed by atoms with van der Waals surface area (Å²) in [7, 11) is 1.66. The number of methoxy groups -OCH3 is 1. The van der Waals surface area contributed by atoms with Crippen LogP contribution in [0.15, 0.2) is 22.6 Å². The minimum Gasteiger partial charge on any atom is -0.511 e. The van der Waals surface area contributed by atoms with Crippen LogP contribution in [0, 0.1) is 20.8 Å². The molecule has 0 saturated heterocycles. The van der Waals surface area contributed by atoms with Crippen LogP contribution in [-0.2, 0) is 9.63 Å². The van der Waals surface area contributed by atoms with Gasteiger partial charge in [-0.05, 0) is 62.3 Å². The summed E-state index contributed by atoms with van der Waals surface area (Å²) < 4.78 is 5.54. The van der Waals surface area contributed by atoms with Crippen molar-refractivity contribution in [3.05, 3.63) is 39.7 Å². The molecule has 26 heavy (non-hydrogen) atoms. The molecule has 0 bridgehead atoms. The van der Waals surface area contributed by atoms with Gasteiger partial charge >= 0.3 is 0 Å². The van der Waals surface area contributed by atoms with Gasteiger partial charge in [-0.3, -0.25) is 4.79 Å². The van der Waals surface area contributed by atoms with Gasteiger partial charge in [0.15, 0.2) is 5.78 Å². The molecule has 0 spiro atoms. The molecule has 142 valence electrons. The molecule has 0 heterocycles. The second-order valence-electron chi connectivity index (χ2n) is 6.74. The van der Waals surface area contributed by atoms with Crippen LogP contribution >= 0.6 is 0 Å². The van der Waals surface area contributed by atoms with E-state index in [0.717, 1.165) is 28.0 Å². The number of ether oxygens (including phenoxy) is 1. The first-order chi connectivity index (χ1) is 12.3. The summed E-state index contributed by atoms with van der Waals surface area (Å²) in [5.41, 5.74) is 5.16. The summed E-state index contributed by atoms with van der Waals surface area (Å²) in [6.45, 7) is 10.2. The Hall–Kier alpha value is -2.30. The lowest BCUT2D eigenvalue weighted by atomic mass is 9.77. The van der Waals surface area contributed by atoms with Gasteiger partial charge < -0.3 is 14.7 Å². The number of carbonyl (C=O) groups is 1. The van der Waals surface area contributed by atoms with E-state index in [2.05, 4.69) is 11.2 Å². The summed E-state index contributed by atoms with van der Waals surface area (Å²) in [5.74, 6) is 0.799. The first-order valence-corrected chi connectivity index (χ1v) is 9.14. The Morgan fingerprint density at radius 3 is 2.46 bits per heavy atom. The topological polar surface area (TPSA) is 68.1 Å². The molecule has 1 aromatic carbocycles. The third-order valence-corrected chi connectivity index (χ3v) is 4.94. The molecule has 2 rings (SSSR count). The molecule has 1 aliphatic rings. The van der Waals surface area contributed by atoms with E-state index >= 15 is 0 Å². The zero-order chi connectivity index (χ0) is 19.4. The average molecular weight is 359 g/mol. The van der Waals surface area contributed by atoms with Crippen LogP contribution in [0.3, 0.4) is 0 Å². The molecule has 0 fully saturated rings. The van der Waals surface area contributed by atoms with Gasteiger partial charge in [0, 0.05) is 12.8 Å². The van der Waals surface area contributed by atoms with Crippen molar-refractivity contribution in [1.82, 2.24) is 0 Å². The Balaban J connectivity index is 2.45. The van der Waals surface area contributed by atoms with Crippen molar-refractivity contribution in [1.29, 1.82) is 0 Å². The predicted molar refractivity (Wildman–Crippen MR) is 103 cm³/mol. The van der Waals surface area contributed by atoms with Crippen molar-refractivity contribution in [2.75, 3.05) is 13.7 Å². The number of Topliss-reactive ketones (excluding diaryl/α,β-unsaturated/α-hetero) is 1. The highest BCUT2D eigenvalue weighted by atomic mass is 16.6. The summed E-state index contributed by atoms with van der Waals surface area (Å²) >= 11 is 0. The smallest absolute Gasteiger partial charge is 0.168 e.